The minimum absolute atomic E-state index is 3.11. The molecule has 64 heavy (non-hydrogen) atoms. The fourth-order valence-corrected chi connectivity index (χ4v) is 3.84. The van der Waals surface area contributed by atoms with E-state index in [1.807, 2.05) is 0 Å². The van der Waals surface area contributed by atoms with Crippen LogP contribution in [0.4, 0.5) is 176 Å². The van der Waals surface area contributed by atoms with E-state index in [4.69, 9.17) is 0 Å². The Kier molecular flexibility index (Phi) is 14.1. The third kappa shape index (κ3) is 6.91. The predicted octanol–water partition coefficient (Wildman–Crippen LogP) is 13.7. The Hall–Kier alpha value is -2.55. The predicted molar refractivity (Wildman–Crippen MR) is 116 cm³/mol. The first-order valence-electron chi connectivity index (χ1n) is 13.1. The maximum absolute atomic E-state index is 14.0. The second kappa shape index (κ2) is 14.7. The molecule has 0 saturated carbocycles. The Bertz CT molecular complexity index is 1620. The van der Waals surface area contributed by atoms with Crippen LogP contribution in [0.25, 0.3) is 0 Å². The number of ketones is 1. The van der Waals surface area contributed by atoms with Gasteiger partial charge in [0.25, 0.3) is 5.78 Å². The number of carbonyl (C=O) groups is 1. The van der Waals surface area contributed by atoms with Crippen molar-refractivity contribution in [2.75, 3.05) is 0 Å². The van der Waals surface area contributed by atoms with E-state index in [1.54, 1.807) is 0 Å². The molecule has 0 aliphatic rings. The van der Waals surface area contributed by atoms with E-state index in [0.717, 1.165) is 0 Å². The van der Waals surface area contributed by atoms with Crippen molar-refractivity contribution in [1.82, 2.24) is 0 Å². The number of alkyl halides is 42. The van der Waals surface area contributed by atoms with Crippen molar-refractivity contribution in [2.24, 2.45) is 0 Å². The molecule has 0 atom stereocenters. The van der Waals surface area contributed by atoms with Crippen molar-refractivity contribution < 1.29 is 180 Å². The van der Waals surface area contributed by atoms with E-state index in [9.17, 15) is 180 Å². The number of Topliss-reactive ketones (excluding diaryl/α,β-unsaturated/α-hetero) is 1. The van der Waals surface area contributed by atoms with E-state index in [1.165, 1.54) is 0 Å². The Balaban J connectivity index is 7.86. The third-order valence-electron chi connectivity index (χ3n) is 7.59. The number of halogens is 42. The Labute approximate surface area is 327 Å². The molecular formula is C21Cl2F40O. The lowest BCUT2D eigenvalue weighted by molar-refractivity contribution is -0.467. The SMILES string of the molecule is O=C(C(F)(F)C(F)(F)C(F)(F)C(F)(F)C(F)(F)C(F)(F)C(F)(F)C(F)(F)C(F)(F)C(F)(F)Cl)C(F)(F)C(F)(F)C(F)(F)C(F)(F)C(F)(F)C(F)(F)C(F)(F)C(F)(F)C(F)(F)C(F)(F)Cl. The molecule has 0 unspecified atom stereocenters. The molecule has 43 heteroatoms. The second-order valence-corrected chi connectivity index (χ2v) is 12.6. The molecule has 0 radical (unpaired) electrons. The van der Waals surface area contributed by atoms with E-state index in [2.05, 4.69) is 23.2 Å². The zero-order valence-corrected chi connectivity index (χ0v) is 28.3. The largest absolute Gasteiger partial charge is 0.393 e. The van der Waals surface area contributed by atoms with Crippen LogP contribution in [0.5, 0.6) is 0 Å². The standard InChI is InChI=1S/C21Cl2F40O/c22-20(60,61)18(56,57)16(52,53)14(48,49)12(44,45)10(40,41)8(36,37)6(32,33)4(28,29)2(24,25)1(64)3(26,27)5(30,31)7(34,35)9(38,39)11(42,43)13(46,47)15(50,51)17(54,55)19(58,59)21(23,62)63. The number of hydrogen-bond donors (Lipinski definition) is 0. The third-order valence-corrected chi connectivity index (χ3v) is 8.07. The summed E-state index contributed by atoms with van der Waals surface area (Å²) in [7, 11) is 0. The van der Waals surface area contributed by atoms with E-state index >= 15 is 0 Å². The zero-order valence-electron chi connectivity index (χ0n) is 26.8. The molecule has 0 aromatic heterocycles. The summed E-state index contributed by atoms with van der Waals surface area (Å²) < 4.78 is 543. The topological polar surface area (TPSA) is 17.1 Å². The first-order chi connectivity index (χ1) is 26.7. The van der Waals surface area contributed by atoms with Gasteiger partial charge in [-0.2, -0.15) is 176 Å². The van der Waals surface area contributed by atoms with Crippen molar-refractivity contribution in [3.63, 3.8) is 0 Å². The van der Waals surface area contributed by atoms with E-state index in [0.29, 0.717) is 0 Å². The van der Waals surface area contributed by atoms with Crippen LogP contribution in [-0.2, 0) is 4.79 Å². The van der Waals surface area contributed by atoms with Gasteiger partial charge in [-0.05, 0) is 23.2 Å². The highest BCUT2D eigenvalue weighted by Gasteiger charge is 3.01. The molecule has 0 fully saturated rings. The molecule has 0 aliphatic carbocycles. The van der Waals surface area contributed by atoms with Crippen LogP contribution < -0.4 is 0 Å². The second-order valence-electron chi connectivity index (χ2n) is 11.7. The summed E-state index contributed by atoms with van der Waals surface area (Å²) in [6.07, 6.45) is 0. The smallest absolute Gasteiger partial charge is 0.286 e. The van der Waals surface area contributed by atoms with Crippen LogP contribution in [0.15, 0.2) is 0 Å². The van der Waals surface area contributed by atoms with Crippen LogP contribution in [0.2, 0.25) is 0 Å². The fourth-order valence-electron chi connectivity index (χ4n) is 3.60. The Morgan fingerprint density at radius 2 is 0.281 bits per heavy atom. The summed E-state index contributed by atoms with van der Waals surface area (Å²) in [5.74, 6) is -184. The normalized spacial score (nSPS) is 17.3. The highest BCUT2D eigenvalue weighted by molar-refractivity contribution is 6.22. The molecule has 0 aromatic carbocycles. The lowest BCUT2D eigenvalue weighted by Gasteiger charge is -2.45. The van der Waals surface area contributed by atoms with Crippen LogP contribution in [0.1, 0.15) is 0 Å². The van der Waals surface area contributed by atoms with Gasteiger partial charge in [-0.1, -0.05) is 0 Å². The average molecular weight is 1100 g/mol. The fraction of sp³-hybridized carbons (Fsp3) is 0.952. The molecule has 0 saturated heterocycles. The minimum atomic E-state index is -10.3. The summed E-state index contributed by atoms with van der Waals surface area (Å²) in [5.41, 5.74) is 0. The summed E-state index contributed by atoms with van der Waals surface area (Å²) in [6.45, 7) is 0. The van der Waals surface area contributed by atoms with E-state index in [-0.39, 0.29) is 0 Å². The maximum Gasteiger partial charge on any atom is 0.393 e. The van der Waals surface area contributed by atoms with Gasteiger partial charge in [0.05, 0.1) is 0 Å². The number of rotatable bonds is 20. The highest BCUT2D eigenvalue weighted by atomic mass is 35.5. The molecule has 384 valence electrons. The summed E-state index contributed by atoms with van der Waals surface area (Å²) in [5, 5.41) is -15.1. The van der Waals surface area contributed by atoms with Crippen LogP contribution >= 0.6 is 23.2 Å². The number of carbonyl (C=O) groups excluding carboxylic acids is 1. The molecule has 0 spiro atoms. The molecule has 0 heterocycles. The summed E-state index contributed by atoms with van der Waals surface area (Å²) in [4.78, 5) is 11.2. The molecular weight excluding hydrogens is 1100 g/mol. The summed E-state index contributed by atoms with van der Waals surface area (Å²) in [6, 6.07) is 0. The van der Waals surface area contributed by atoms with Crippen molar-refractivity contribution >= 4 is 29.0 Å². The van der Waals surface area contributed by atoms with Gasteiger partial charge >= 0.3 is 117 Å². The Morgan fingerprint density at radius 3 is 0.391 bits per heavy atom. The van der Waals surface area contributed by atoms with Gasteiger partial charge in [-0.15, -0.1) is 0 Å². The minimum Gasteiger partial charge on any atom is -0.286 e. The van der Waals surface area contributed by atoms with Crippen LogP contribution in [0.3, 0.4) is 0 Å². The van der Waals surface area contributed by atoms with Gasteiger partial charge in [0.2, 0.25) is 0 Å². The molecule has 0 amide bonds. The van der Waals surface area contributed by atoms with Gasteiger partial charge in [-0.3, -0.25) is 4.79 Å². The molecule has 0 N–H and O–H groups in total. The Morgan fingerprint density at radius 1 is 0.188 bits per heavy atom. The van der Waals surface area contributed by atoms with Gasteiger partial charge in [0.1, 0.15) is 0 Å². The van der Waals surface area contributed by atoms with Gasteiger partial charge in [0, 0.05) is 0 Å². The quantitative estimate of drug-likeness (QED) is 0.0877. The molecule has 0 aromatic rings. The highest BCUT2D eigenvalue weighted by Crippen LogP contribution is 2.69. The van der Waals surface area contributed by atoms with Crippen molar-refractivity contribution in [1.29, 1.82) is 0 Å². The van der Waals surface area contributed by atoms with Crippen molar-refractivity contribution in [2.45, 2.75) is 117 Å². The zero-order chi connectivity index (χ0) is 53.6. The molecule has 1 nitrogen and oxygen atoms in total. The van der Waals surface area contributed by atoms with Gasteiger partial charge < -0.3 is 0 Å². The average Bonchev–Trinajstić information content (AvgIpc) is 3.05. The summed E-state index contributed by atoms with van der Waals surface area (Å²) >= 11 is 6.23. The lowest BCUT2D eigenvalue weighted by atomic mass is 9.83. The monoisotopic (exact) mass is 1100 g/mol. The molecule has 0 aliphatic heterocycles. The van der Waals surface area contributed by atoms with Crippen molar-refractivity contribution in [3.05, 3.63) is 0 Å². The number of hydrogen-bond acceptors (Lipinski definition) is 1. The molecule has 0 rings (SSSR count). The lowest BCUT2D eigenvalue weighted by Crippen LogP contribution is -2.79. The van der Waals surface area contributed by atoms with Gasteiger partial charge in [0.15, 0.2) is 0 Å². The van der Waals surface area contributed by atoms with Crippen LogP contribution in [-0.4, -0.2) is 123 Å². The maximum atomic E-state index is 14.0. The molecule has 0 bridgehead atoms. The first kappa shape index (κ1) is 61.5. The van der Waals surface area contributed by atoms with Crippen molar-refractivity contribution in [3.8, 4) is 0 Å². The van der Waals surface area contributed by atoms with Gasteiger partial charge in [-0.25, -0.2) is 0 Å². The van der Waals surface area contributed by atoms with Crippen LogP contribution in [0, 0.1) is 0 Å². The first-order valence-corrected chi connectivity index (χ1v) is 13.9. The van der Waals surface area contributed by atoms with E-state index < -0.39 is 123 Å².